The molecule has 5 heterocycles. The van der Waals surface area contributed by atoms with Crippen molar-refractivity contribution in [1.82, 2.24) is 34.4 Å². The number of methoxy groups -OCH3 is 1. The molecule has 0 aliphatic carbocycles. The number of piperazine rings is 1. The first-order chi connectivity index (χ1) is 20.1. The molecule has 6 aromatic rings. The van der Waals surface area contributed by atoms with Crippen molar-refractivity contribution in [3.8, 4) is 27.8 Å². The molecule has 10 nitrogen and oxygen atoms in total. The number of carbonyl (C=O) groups is 1. The molecule has 4 aromatic heterocycles. The van der Waals surface area contributed by atoms with Gasteiger partial charge in [0.25, 0.3) is 0 Å². The predicted octanol–water partition coefficient (Wildman–Crippen LogP) is 4.84. The summed E-state index contributed by atoms with van der Waals surface area (Å²) in [6.45, 7) is 4.26. The molecule has 1 aliphatic rings. The maximum atomic E-state index is 13.4. The van der Waals surface area contributed by atoms with E-state index in [-0.39, 0.29) is 18.5 Å². The summed E-state index contributed by atoms with van der Waals surface area (Å²) in [6.07, 6.45) is 3.41. The first kappa shape index (κ1) is 25.2. The number of imidazole rings is 2. The number of hydrogen-bond acceptors (Lipinski definition) is 8. The van der Waals surface area contributed by atoms with E-state index in [1.54, 1.807) is 31.0 Å². The molecular formula is C30H28N8O2S. The van der Waals surface area contributed by atoms with Gasteiger partial charge in [-0.05, 0) is 43.3 Å². The van der Waals surface area contributed by atoms with Gasteiger partial charge < -0.3 is 24.1 Å². The molecule has 0 spiro atoms. The van der Waals surface area contributed by atoms with Crippen LogP contribution in [0.5, 0.6) is 5.75 Å². The lowest BCUT2D eigenvalue weighted by molar-refractivity contribution is -0.134. The molecule has 0 unspecified atom stereocenters. The standard InChI is InChI=1S/C30H28N8O2S/c1-19-16-36(14-15-38(19)25(39)17-37-18-32-23-11-7-13-31-28(23)37)30-26(27-33-21-9-4-5-10-22(21)34-27)35-29(41-30)20-8-3-6-12-24(20)40-2/h3-13,18-19H,14-17H2,1-2H3,(H,33,34)/t19-/m1/s1. The number of rotatable bonds is 6. The maximum absolute atomic E-state index is 13.4. The lowest BCUT2D eigenvalue weighted by Crippen LogP contribution is -2.54. The van der Waals surface area contributed by atoms with Gasteiger partial charge in [-0.2, -0.15) is 0 Å². The Labute approximate surface area is 240 Å². The Bertz CT molecular complexity index is 1840. The second-order valence-electron chi connectivity index (χ2n) is 10.1. The Morgan fingerprint density at radius 1 is 1.02 bits per heavy atom. The number of hydrogen-bond donors (Lipinski definition) is 1. The quantitative estimate of drug-likeness (QED) is 0.309. The SMILES string of the molecule is COc1ccccc1-c1nc(-c2nc3ccccc3[nH]2)c(N2CCN(C(=O)Cn3cnc4cccnc43)[C@H](C)C2)s1. The average Bonchev–Trinajstić information content (AvgIpc) is 3.74. The van der Waals surface area contributed by atoms with Crippen molar-refractivity contribution < 1.29 is 9.53 Å². The van der Waals surface area contributed by atoms with Crippen LogP contribution in [0.15, 0.2) is 73.2 Å². The number of amides is 1. The van der Waals surface area contributed by atoms with E-state index in [1.165, 1.54) is 0 Å². The van der Waals surface area contributed by atoms with E-state index in [1.807, 2.05) is 70.1 Å². The third-order valence-corrected chi connectivity index (χ3v) is 8.62. The van der Waals surface area contributed by atoms with Crippen molar-refractivity contribution in [3.05, 3.63) is 73.2 Å². The molecule has 1 aliphatic heterocycles. The van der Waals surface area contributed by atoms with Gasteiger partial charge in [0, 0.05) is 31.9 Å². The van der Waals surface area contributed by atoms with E-state index < -0.39 is 0 Å². The lowest BCUT2D eigenvalue weighted by atomic mass is 10.2. The maximum Gasteiger partial charge on any atom is 0.242 e. The number of nitrogens with one attached hydrogen (secondary N) is 1. The molecule has 0 saturated carbocycles. The minimum absolute atomic E-state index is 0.000621. The zero-order valence-electron chi connectivity index (χ0n) is 22.7. The number of thiazole rings is 1. The summed E-state index contributed by atoms with van der Waals surface area (Å²) in [4.78, 5) is 39.9. The van der Waals surface area contributed by atoms with Crippen molar-refractivity contribution in [3.63, 3.8) is 0 Å². The summed E-state index contributed by atoms with van der Waals surface area (Å²) in [5.74, 6) is 1.55. The van der Waals surface area contributed by atoms with Gasteiger partial charge in [-0.1, -0.05) is 35.6 Å². The lowest BCUT2D eigenvalue weighted by Gasteiger charge is -2.40. The molecule has 1 atom stereocenters. The Kier molecular flexibility index (Phi) is 6.35. The van der Waals surface area contributed by atoms with Gasteiger partial charge in [0.2, 0.25) is 5.91 Å². The Morgan fingerprint density at radius 3 is 2.71 bits per heavy atom. The fourth-order valence-corrected chi connectivity index (χ4v) is 6.58. The third kappa shape index (κ3) is 4.57. The van der Waals surface area contributed by atoms with Crippen LogP contribution in [-0.2, 0) is 11.3 Å². The van der Waals surface area contributed by atoms with Crippen LogP contribution in [0, 0.1) is 0 Å². The Balaban J connectivity index is 1.19. The second-order valence-corrected chi connectivity index (χ2v) is 11.1. The van der Waals surface area contributed by atoms with Crippen LogP contribution >= 0.6 is 11.3 Å². The van der Waals surface area contributed by atoms with E-state index in [2.05, 4.69) is 26.8 Å². The Morgan fingerprint density at radius 2 is 1.85 bits per heavy atom. The molecule has 0 bridgehead atoms. The molecule has 11 heteroatoms. The highest BCUT2D eigenvalue weighted by Gasteiger charge is 2.31. The molecule has 1 fully saturated rings. The van der Waals surface area contributed by atoms with Crippen LogP contribution < -0.4 is 9.64 Å². The summed E-state index contributed by atoms with van der Waals surface area (Å²) >= 11 is 1.62. The Hall–Kier alpha value is -4.77. The minimum Gasteiger partial charge on any atom is -0.496 e. The van der Waals surface area contributed by atoms with Crippen molar-refractivity contribution in [2.45, 2.75) is 19.5 Å². The summed E-state index contributed by atoms with van der Waals surface area (Å²) in [5, 5.41) is 1.88. The van der Waals surface area contributed by atoms with Crippen LogP contribution in [0.2, 0.25) is 0 Å². The number of para-hydroxylation sites is 3. The number of aromatic nitrogens is 6. The summed E-state index contributed by atoms with van der Waals surface area (Å²) in [6, 6.07) is 19.7. The predicted molar refractivity (Wildman–Crippen MR) is 160 cm³/mol. The van der Waals surface area contributed by atoms with Crippen molar-refractivity contribution in [1.29, 1.82) is 0 Å². The molecule has 41 heavy (non-hydrogen) atoms. The summed E-state index contributed by atoms with van der Waals surface area (Å²) in [5.41, 5.74) is 5.10. The van der Waals surface area contributed by atoms with Gasteiger partial charge in [0.15, 0.2) is 11.5 Å². The zero-order valence-corrected chi connectivity index (χ0v) is 23.5. The number of H-pyrrole nitrogens is 1. The highest BCUT2D eigenvalue weighted by molar-refractivity contribution is 7.19. The van der Waals surface area contributed by atoms with Gasteiger partial charge >= 0.3 is 0 Å². The second kappa shape index (κ2) is 10.3. The monoisotopic (exact) mass is 564 g/mol. The zero-order chi connectivity index (χ0) is 27.9. The van der Waals surface area contributed by atoms with Crippen LogP contribution in [-0.4, -0.2) is 73.1 Å². The minimum atomic E-state index is -0.000621. The third-order valence-electron chi connectivity index (χ3n) is 7.48. The highest BCUT2D eigenvalue weighted by Crippen LogP contribution is 2.43. The van der Waals surface area contributed by atoms with Crippen molar-refractivity contribution in [2.24, 2.45) is 0 Å². The molecule has 1 amide bonds. The van der Waals surface area contributed by atoms with Crippen LogP contribution in [0.1, 0.15) is 6.92 Å². The van der Waals surface area contributed by atoms with Crippen LogP contribution in [0.4, 0.5) is 5.00 Å². The molecule has 7 rings (SSSR count). The van der Waals surface area contributed by atoms with E-state index >= 15 is 0 Å². The molecular weight excluding hydrogens is 536 g/mol. The van der Waals surface area contributed by atoms with Crippen LogP contribution in [0.25, 0.3) is 44.3 Å². The smallest absolute Gasteiger partial charge is 0.242 e. The number of fused-ring (bicyclic) bond motifs is 2. The first-order valence-electron chi connectivity index (χ1n) is 13.5. The highest BCUT2D eigenvalue weighted by atomic mass is 32.1. The summed E-state index contributed by atoms with van der Waals surface area (Å²) < 4.78 is 7.47. The fourth-order valence-electron chi connectivity index (χ4n) is 5.44. The van der Waals surface area contributed by atoms with E-state index in [4.69, 9.17) is 14.7 Å². The topological polar surface area (TPSA) is 105 Å². The largest absolute Gasteiger partial charge is 0.496 e. The van der Waals surface area contributed by atoms with Gasteiger partial charge in [0.1, 0.15) is 33.5 Å². The van der Waals surface area contributed by atoms with E-state index in [0.717, 1.165) is 55.0 Å². The normalized spacial score (nSPS) is 15.6. The van der Waals surface area contributed by atoms with E-state index in [0.29, 0.717) is 19.6 Å². The van der Waals surface area contributed by atoms with Crippen molar-refractivity contribution in [2.75, 3.05) is 31.6 Å². The van der Waals surface area contributed by atoms with Gasteiger partial charge in [-0.25, -0.2) is 19.9 Å². The number of aromatic amines is 1. The number of anilines is 1. The molecule has 1 saturated heterocycles. The number of benzene rings is 2. The average molecular weight is 565 g/mol. The number of carbonyl (C=O) groups excluding carboxylic acids is 1. The molecule has 206 valence electrons. The van der Waals surface area contributed by atoms with Gasteiger partial charge in [-0.15, -0.1) is 0 Å². The van der Waals surface area contributed by atoms with Gasteiger partial charge in [-0.3, -0.25) is 4.79 Å². The number of pyridine rings is 1. The molecule has 0 radical (unpaired) electrons. The van der Waals surface area contributed by atoms with E-state index in [9.17, 15) is 4.79 Å². The van der Waals surface area contributed by atoms with Crippen molar-refractivity contribution >= 4 is 44.4 Å². The van der Waals surface area contributed by atoms with Gasteiger partial charge in [0.05, 0.1) is 30.0 Å². The summed E-state index contributed by atoms with van der Waals surface area (Å²) in [7, 11) is 1.67. The number of nitrogens with zero attached hydrogens (tertiary/aromatic N) is 7. The molecule has 1 N–H and O–H groups in total. The first-order valence-corrected chi connectivity index (χ1v) is 14.3. The molecule has 2 aromatic carbocycles. The fraction of sp³-hybridized carbons (Fsp3) is 0.233. The van der Waals surface area contributed by atoms with Crippen LogP contribution in [0.3, 0.4) is 0 Å². The number of ether oxygens (including phenoxy) is 1.